The summed E-state index contributed by atoms with van der Waals surface area (Å²) in [7, 11) is 0. The molecule has 2 N–H and O–H groups in total. The second kappa shape index (κ2) is 11.6. The SMILES string of the molecule is Cc1cc(C)c(NC(=O)CCCSCC(=O)NCCc2ccc(F)cc2)c(C)c1. The van der Waals surface area contributed by atoms with Crippen LogP contribution in [0.5, 0.6) is 0 Å². The molecule has 0 heterocycles. The van der Waals surface area contributed by atoms with Gasteiger partial charge in [-0.1, -0.05) is 29.8 Å². The van der Waals surface area contributed by atoms with Crippen molar-refractivity contribution >= 4 is 29.3 Å². The molecule has 0 radical (unpaired) electrons. The Balaban J connectivity index is 1.57. The second-order valence-electron chi connectivity index (χ2n) is 7.20. The fraction of sp³-hybridized carbons (Fsp3) is 0.391. The number of hydrogen-bond acceptors (Lipinski definition) is 3. The van der Waals surface area contributed by atoms with E-state index in [0.717, 1.165) is 34.6 Å². The van der Waals surface area contributed by atoms with Crippen molar-refractivity contribution in [3.05, 3.63) is 64.5 Å². The third-order valence-electron chi connectivity index (χ3n) is 4.52. The minimum Gasteiger partial charge on any atom is -0.355 e. The van der Waals surface area contributed by atoms with Gasteiger partial charge in [-0.15, -0.1) is 0 Å². The Morgan fingerprint density at radius 1 is 1.00 bits per heavy atom. The number of carbonyl (C=O) groups is 2. The summed E-state index contributed by atoms with van der Waals surface area (Å²) in [5.74, 6) is 0.857. The lowest BCUT2D eigenvalue weighted by molar-refractivity contribution is -0.118. The summed E-state index contributed by atoms with van der Waals surface area (Å²) >= 11 is 1.52. The lowest BCUT2D eigenvalue weighted by Gasteiger charge is -2.12. The van der Waals surface area contributed by atoms with Crippen molar-refractivity contribution < 1.29 is 14.0 Å². The van der Waals surface area contributed by atoms with Gasteiger partial charge in [0, 0.05) is 18.7 Å². The molecule has 0 aliphatic rings. The molecule has 0 unspecified atom stereocenters. The maximum atomic E-state index is 12.9. The molecule has 0 saturated carbocycles. The molecule has 4 nitrogen and oxygen atoms in total. The molecule has 6 heteroatoms. The largest absolute Gasteiger partial charge is 0.355 e. The molecule has 29 heavy (non-hydrogen) atoms. The quantitative estimate of drug-likeness (QED) is 0.558. The van der Waals surface area contributed by atoms with Gasteiger partial charge >= 0.3 is 0 Å². The van der Waals surface area contributed by atoms with Crippen molar-refractivity contribution in [2.45, 2.75) is 40.0 Å². The number of benzene rings is 2. The van der Waals surface area contributed by atoms with Crippen LogP contribution in [-0.4, -0.2) is 29.9 Å². The van der Waals surface area contributed by atoms with E-state index in [1.807, 2.05) is 20.8 Å². The summed E-state index contributed by atoms with van der Waals surface area (Å²) < 4.78 is 12.9. The van der Waals surface area contributed by atoms with E-state index in [4.69, 9.17) is 0 Å². The lowest BCUT2D eigenvalue weighted by atomic mass is 10.0. The fourth-order valence-electron chi connectivity index (χ4n) is 3.13. The Bertz CT molecular complexity index is 814. The number of rotatable bonds is 10. The van der Waals surface area contributed by atoms with E-state index in [2.05, 4.69) is 22.8 Å². The highest BCUT2D eigenvalue weighted by molar-refractivity contribution is 7.99. The zero-order valence-electron chi connectivity index (χ0n) is 17.3. The Kier molecular flexibility index (Phi) is 9.19. The van der Waals surface area contributed by atoms with Crippen LogP contribution in [0.4, 0.5) is 10.1 Å². The minimum absolute atomic E-state index is 0.00408. The first kappa shape index (κ1) is 22.9. The van der Waals surface area contributed by atoms with E-state index in [9.17, 15) is 14.0 Å². The molecule has 0 aliphatic heterocycles. The van der Waals surface area contributed by atoms with Crippen molar-refractivity contribution in [3.63, 3.8) is 0 Å². The number of aryl methyl sites for hydroxylation is 3. The first-order valence-corrected chi connectivity index (χ1v) is 11.0. The standard InChI is InChI=1S/C23H29FN2O2S/c1-16-13-17(2)23(18(3)14-16)26-21(27)5-4-12-29-15-22(28)25-11-10-19-6-8-20(24)9-7-19/h6-9,13-14H,4-5,10-12,15H2,1-3H3,(H,25,28)(H,26,27). The van der Waals surface area contributed by atoms with Crippen molar-refractivity contribution in [2.75, 3.05) is 23.4 Å². The molecule has 0 aromatic heterocycles. The van der Waals surface area contributed by atoms with E-state index in [1.54, 1.807) is 12.1 Å². The third kappa shape index (κ3) is 8.28. The van der Waals surface area contributed by atoms with Crippen molar-refractivity contribution in [1.29, 1.82) is 0 Å². The van der Waals surface area contributed by atoms with Crippen LogP contribution in [0.2, 0.25) is 0 Å². The van der Waals surface area contributed by atoms with Gasteiger partial charge in [-0.2, -0.15) is 11.8 Å². The van der Waals surface area contributed by atoms with Crippen LogP contribution in [0.3, 0.4) is 0 Å². The zero-order chi connectivity index (χ0) is 21.2. The van der Waals surface area contributed by atoms with Gasteiger partial charge in [0.05, 0.1) is 5.75 Å². The van der Waals surface area contributed by atoms with Crippen molar-refractivity contribution in [3.8, 4) is 0 Å². The van der Waals surface area contributed by atoms with Crippen LogP contribution < -0.4 is 10.6 Å². The van der Waals surface area contributed by atoms with E-state index in [1.165, 1.54) is 29.5 Å². The molecule has 2 amide bonds. The van der Waals surface area contributed by atoms with Gasteiger partial charge in [0.15, 0.2) is 0 Å². The Hall–Kier alpha value is -2.34. The van der Waals surface area contributed by atoms with Gasteiger partial charge in [-0.3, -0.25) is 9.59 Å². The number of carbonyl (C=O) groups excluding carboxylic acids is 2. The normalized spacial score (nSPS) is 10.6. The predicted molar refractivity (Wildman–Crippen MR) is 119 cm³/mol. The molecular weight excluding hydrogens is 387 g/mol. The molecule has 0 atom stereocenters. The summed E-state index contributed by atoms with van der Waals surface area (Å²) in [6, 6.07) is 10.4. The molecule has 0 fully saturated rings. The van der Waals surface area contributed by atoms with Crippen molar-refractivity contribution in [2.24, 2.45) is 0 Å². The third-order valence-corrected chi connectivity index (χ3v) is 5.56. The highest BCUT2D eigenvalue weighted by atomic mass is 32.2. The monoisotopic (exact) mass is 416 g/mol. The Morgan fingerprint density at radius 2 is 1.66 bits per heavy atom. The zero-order valence-corrected chi connectivity index (χ0v) is 18.1. The number of hydrogen-bond donors (Lipinski definition) is 2. The maximum absolute atomic E-state index is 12.9. The number of thioether (sulfide) groups is 1. The van der Waals surface area contributed by atoms with Gasteiger partial charge in [0.2, 0.25) is 11.8 Å². The molecule has 2 aromatic carbocycles. The summed E-state index contributed by atoms with van der Waals surface area (Å²) in [4.78, 5) is 24.0. The molecule has 2 rings (SSSR count). The fourth-order valence-corrected chi connectivity index (χ4v) is 3.91. The highest BCUT2D eigenvalue weighted by Gasteiger charge is 2.08. The van der Waals surface area contributed by atoms with E-state index in [-0.39, 0.29) is 17.6 Å². The van der Waals surface area contributed by atoms with Crippen LogP contribution in [0, 0.1) is 26.6 Å². The van der Waals surface area contributed by atoms with Crippen LogP contribution in [0.1, 0.15) is 35.1 Å². The predicted octanol–water partition coefficient (Wildman–Crippen LogP) is 4.56. The number of nitrogens with one attached hydrogen (secondary N) is 2. The smallest absolute Gasteiger partial charge is 0.230 e. The molecule has 2 aromatic rings. The maximum Gasteiger partial charge on any atom is 0.230 e. The van der Waals surface area contributed by atoms with Gasteiger partial charge in [0.1, 0.15) is 5.82 Å². The lowest BCUT2D eigenvalue weighted by Crippen LogP contribution is -2.27. The Morgan fingerprint density at radius 3 is 2.31 bits per heavy atom. The summed E-state index contributed by atoms with van der Waals surface area (Å²) in [6.07, 6.45) is 1.84. The van der Waals surface area contributed by atoms with Gasteiger partial charge < -0.3 is 10.6 Å². The summed E-state index contributed by atoms with van der Waals surface area (Å²) in [6.45, 7) is 6.57. The van der Waals surface area contributed by atoms with E-state index < -0.39 is 0 Å². The second-order valence-corrected chi connectivity index (χ2v) is 8.31. The number of anilines is 1. The van der Waals surface area contributed by atoms with Gasteiger partial charge in [0.25, 0.3) is 0 Å². The van der Waals surface area contributed by atoms with Crippen LogP contribution in [0.25, 0.3) is 0 Å². The molecule has 156 valence electrons. The summed E-state index contributed by atoms with van der Waals surface area (Å²) in [5.41, 5.74) is 5.22. The molecule has 0 bridgehead atoms. The average molecular weight is 417 g/mol. The highest BCUT2D eigenvalue weighted by Crippen LogP contribution is 2.22. The minimum atomic E-state index is -0.257. The molecule has 0 spiro atoms. The number of amides is 2. The summed E-state index contributed by atoms with van der Waals surface area (Å²) in [5, 5.41) is 5.86. The molecule has 0 aliphatic carbocycles. The molecule has 0 saturated heterocycles. The Labute approximate surface area is 176 Å². The van der Waals surface area contributed by atoms with Gasteiger partial charge in [-0.25, -0.2) is 4.39 Å². The first-order valence-electron chi connectivity index (χ1n) is 9.81. The topological polar surface area (TPSA) is 58.2 Å². The van der Waals surface area contributed by atoms with Crippen LogP contribution >= 0.6 is 11.8 Å². The average Bonchev–Trinajstić information content (AvgIpc) is 2.66. The number of halogens is 1. The van der Waals surface area contributed by atoms with Crippen LogP contribution in [-0.2, 0) is 16.0 Å². The van der Waals surface area contributed by atoms with Crippen molar-refractivity contribution in [1.82, 2.24) is 5.32 Å². The van der Waals surface area contributed by atoms with E-state index in [0.29, 0.717) is 25.1 Å². The van der Waals surface area contributed by atoms with E-state index >= 15 is 0 Å². The molecular formula is C23H29FN2O2S. The first-order chi connectivity index (χ1) is 13.8. The van der Waals surface area contributed by atoms with Crippen LogP contribution in [0.15, 0.2) is 36.4 Å². The van der Waals surface area contributed by atoms with Gasteiger partial charge in [-0.05, 0) is 68.2 Å².